The normalized spacial score (nSPS) is 19.8. The van der Waals surface area contributed by atoms with Crippen LogP contribution in [0.1, 0.15) is 26.2 Å². The number of anilines is 1. The Morgan fingerprint density at radius 2 is 2.10 bits per heavy atom. The zero-order valence-electron chi connectivity index (χ0n) is 16.9. The van der Waals surface area contributed by atoms with Crippen LogP contribution in [0.3, 0.4) is 0 Å². The third-order valence-corrected chi connectivity index (χ3v) is 5.30. The average molecular weight is 413 g/mol. The SMILES string of the molecule is CCOc1ccc(-n2nnc3cnc(N[C@@H]4CC[C@@H](C(O)NCCO)C4)nc32)cc1. The second-order valence-electron chi connectivity index (χ2n) is 7.37. The lowest BCUT2D eigenvalue weighted by Gasteiger charge is -2.19. The van der Waals surface area contributed by atoms with Crippen molar-refractivity contribution in [3.05, 3.63) is 30.5 Å². The summed E-state index contributed by atoms with van der Waals surface area (Å²) in [5, 5.41) is 33.8. The molecule has 10 nitrogen and oxygen atoms in total. The van der Waals surface area contributed by atoms with Gasteiger partial charge in [0.15, 0.2) is 11.2 Å². The van der Waals surface area contributed by atoms with Crippen molar-refractivity contribution in [1.82, 2.24) is 30.3 Å². The van der Waals surface area contributed by atoms with Gasteiger partial charge < -0.3 is 20.3 Å². The largest absolute Gasteiger partial charge is 0.494 e. The zero-order chi connectivity index (χ0) is 20.9. The molecule has 160 valence electrons. The maximum absolute atomic E-state index is 10.2. The number of aliphatic hydroxyl groups is 2. The van der Waals surface area contributed by atoms with Gasteiger partial charge >= 0.3 is 0 Å². The number of nitrogens with one attached hydrogen (secondary N) is 2. The second-order valence-corrected chi connectivity index (χ2v) is 7.37. The number of fused-ring (bicyclic) bond motifs is 1. The third kappa shape index (κ3) is 4.50. The molecule has 0 spiro atoms. The van der Waals surface area contributed by atoms with Crippen LogP contribution in [0.5, 0.6) is 5.75 Å². The minimum absolute atomic E-state index is 0.00931. The van der Waals surface area contributed by atoms with Gasteiger partial charge in [-0.2, -0.15) is 9.67 Å². The number of aliphatic hydroxyl groups excluding tert-OH is 2. The van der Waals surface area contributed by atoms with E-state index in [1.807, 2.05) is 31.2 Å². The smallest absolute Gasteiger partial charge is 0.225 e. The van der Waals surface area contributed by atoms with Gasteiger partial charge in [-0.1, -0.05) is 5.21 Å². The summed E-state index contributed by atoms with van der Waals surface area (Å²) in [6, 6.07) is 7.78. The van der Waals surface area contributed by atoms with E-state index >= 15 is 0 Å². The average Bonchev–Trinajstić information content (AvgIpc) is 3.40. The summed E-state index contributed by atoms with van der Waals surface area (Å²) in [7, 11) is 0. The topological polar surface area (TPSA) is 130 Å². The Morgan fingerprint density at radius 3 is 2.87 bits per heavy atom. The highest BCUT2D eigenvalue weighted by atomic mass is 16.5. The standard InChI is InChI=1S/C20H27N7O3/c1-2-30-16-7-5-15(6-8-16)27-18-17(25-26-27)12-22-20(24-18)23-14-4-3-13(11-14)19(29)21-9-10-28/h5-8,12-14,19,21,28-29H,2-4,9-11H2,1H3,(H,22,23,24)/t13-,14-,19?/m1/s1. The van der Waals surface area contributed by atoms with Gasteiger partial charge in [0.2, 0.25) is 5.95 Å². The van der Waals surface area contributed by atoms with E-state index in [1.165, 1.54) is 0 Å². The van der Waals surface area contributed by atoms with Crippen molar-refractivity contribution < 1.29 is 14.9 Å². The van der Waals surface area contributed by atoms with Crippen molar-refractivity contribution in [2.45, 2.75) is 38.5 Å². The minimum atomic E-state index is -0.613. The van der Waals surface area contributed by atoms with Gasteiger partial charge in [-0.15, -0.1) is 5.10 Å². The monoisotopic (exact) mass is 413 g/mol. The molecule has 4 rings (SSSR count). The van der Waals surface area contributed by atoms with Crippen molar-refractivity contribution in [2.24, 2.45) is 5.92 Å². The lowest BCUT2D eigenvalue weighted by Crippen LogP contribution is -2.37. The van der Waals surface area contributed by atoms with Crippen LogP contribution in [0.2, 0.25) is 0 Å². The summed E-state index contributed by atoms with van der Waals surface area (Å²) in [5.41, 5.74) is 2.07. The highest BCUT2D eigenvalue weighted by Crippen LogP contribution is 2.29. The molecule has 0 saturated heterocycles. The van der Waals surface area contributed by atoms with Crippen LogP contribution in [0.25, 0.3) is 16.9 Å². The van der Waals surface area contributed by atoms with Crippen molar-refractivity contribution >= 4 is 17.1 Å². The van der Waals surface area contributed by atoms with Crippen LogP contribution < -0.4 is 15.4 Å². The zero-order valence-corrected chi connectivity index (χ0v) is 16.9. The van der Waals surface area contributed by atoms with E-state index in [1.54, 1.807) is 10.9 Å². The molecule has 10 heteroatoms. The molecule has 2 heterocycles. The summed E-state index contributed by atoms with van der Waals surface area (Å²) in [5.74, 6) is 1.45. The van der Waals surface area contributed by atoms with Gasteiger partial charge in [0.1, 0.15) is 12.0 Å². The van der Waals surface area contributed by atoms with E-state index in [-0.39, 0.29) is 18.6 Å². The first-order valence-corrected chi connectivity index (χ1v) is 10.3. The number of hydrogen-bond donors (Lipinski definition) is 4. The molecule has 0 bridgehead atoms. The predicted molar refractivity (Wildman–Crippen MR) is 111 cm³/mol. The van der Waals surface area contributed by atoms with E-state index in [9.17, 15) is 5.11 Å². The maximum atomic E-state index is 10.2. The summed E-state index contributed by atoms with van der Waals surface area (Å²) in [4.78, 5) is 8.99. The highest BCUT2D eigenvalue weighted by Gasteiger charge is 2.30. The molecule has 3 aromatic rings. The highest BCUT2D eigenvalue weighted by molar-refractivity contribution is 5.72. The number of benzene rings is 1. The molecule has 1 unspecified atom stereocenters. The Bertz CT molecular complexity index is 963. The van der Waals surface area contributed by atoms with Crippen LogP contribution in [0.15, 0.2) is 30.5 Å². The van der Waals surface area contributed by atoms with Gasteiger partial charge in [-0.25, -0.2) is 4.98 Å². The van der Waals surface area contributed by atoms with Crippen LogP contribution >= 0.6 is 0 Å². The molecule has 1 saturated carbocycles. The molecule has 3 atom stereocenters. The molecular weight excluding hydrogens is 386 g/mol. The molecular formula is C20H27N7O3. The molecule has 1 aliphatic carbocycles. The van der Waals surface area contributed by atoms with Crippen molar-refractivity contribution in [3.8, 4) is 11.4 Å². The van der Waals surface area contributed by atoms with Crippen LogP contribution in [-0.2, 0) is 0 Å². The van der Waals surface area contributed by atoms with E-state index in [4.69, 9.17) is 9.84 Å². The van der Waals surface area contributed by atoms with Crippen LogP contribution in [0, 0.1) is 5.92 Å². The van der Waals surface area contributed by atoms with E-state index in [0.717, 1.165) is 30.7 Å². The number of aromatic nitrogens is 5. The Balaban J connectivity index is 1.47. The van der Waals surface area contributed by atoms with Crippen LogP contribution in [0.4, 0.5) is 5.95 Å². The minimum Gasteiger partial charge on any atom is -0.494 e. The fourth-order valence-corrected chi connectivity index (χ4v) is 3.82. The van der Waals surface area contributed by atoms with Gasteiger partial charge in [-0.3, -0.25) is 5.32 Å². The molecule has 0 aliphatic heterocycles. The number of rotatable bonds is 9. The van der Waals surface area contributed by atoms with E-state index in [0.29, 0.717) is 30.3 Å². The van der Waals surface area contributed by atoms with Gasteiger partial charge in [0.05, 0.1) is 25.1 Å². The molecule has 2 aromatic heterocycles. The number of hydrogen-bond acceptors (Lipinski definition) is 9. The maximum Gasteiger partial charge on any atom is 0.225 e. The van der Waals surface area contributed by atoms with Gasteiger partial charge in [0, 0.05) is 18.5 Å². The lowest BCUT2D eigenvalue weighted by molar-refractivity contribution is 0.0718. The van der Waals surface area contributed by atoms with E-state index < -0.39 is 6.23 Å². The van der Waals surface area contributed by atoms with Gasteiger partial charge in [0.25, 0.3) is 0 Å². The van der Waals surface area contributed by atoms with E-state index in [2.05, 4.69) is 30.9 Å². The molecule has 1 fully saturated rings. The summed E-state index contributed by atoms with van der Waals surface area (Å²) < 4.78 is 7.17. The molecule has 0 amide bonds. The van der Waals surface area contributed by atoms with Crippen molar-refractivity contribution in [2.75, 3.05) is 25.1 Å². The third-order valence-electron chi connectivity index (χ3n) is 5.30. The first-order chi connectivity index (χ1) is 14.7. The summed E-state index contributed by atoms with van der Waals surface area (Å²) >= 11 is 0. The summed E-state index contributed by atoms with van der Waals surface area (Å²) in [6.45, 7) is 2.96. The molecule has 1 aliphatic rings. The Kier molecular flexibility index (Phi) is 6.36. The summed E-state index contributed by atoms with van der Waals surface area (Å²) in [6.07, 6.45) is 3.66. The van der Waals surface area contributed by atoms with Gasteiger partial charge in [-0.05, 0) is 50.5 Å². The second kappa shape index (κ2) is 9.33. The quantitative estimate of drug-likeness (QED) is 0.381. The first kappa shape index (κ1) is 20.5. The fourth-order valence-electron chi connectivity index (χ4n) is 3.82. The van der Waals surface area contributed by atoms with Crippen molar-refractivity contribution in [3.63, 3.8) is 0 Å². The van der Waals surface area contributed by atoms with Crippen LogP contribution in [-0.4, -0.2) is 67.2 Å². The lowest BCUT2D eigenvalue weighted by atomic mass is 10.1. The number of nitrogens with zero attached hydrogens (tertiary/aromatic N) is 5. The number of ether oxygens (including phenoxy) is 1. The molecule has 4 N–H and O–H groups in total. The predicted octanol–water partition coefficient (Wildman–Crippen LogP) is 1.09. The Labute approximate surface area is 174 Å². The molecule has 0 radical (unpaired) electrons. The van der Waals surface area contributed by atoms with Crippen molar-refractivity contribution in [1.29, 1.82) is 0 Å². The molecule has 30 heavy (non-hydrogen) atoms. The fraction of sp³-hybridized carbons (Fsp3) is 0.500. The Morgan fingerprint density at radius 1 is 1.27 bits per heavy atom. The molecule has 1 aromatic carbocycles. The Hall–Kier alpha value is -2.82. The first-order valence-electron chi connectivity index (χ1n) is 10.3.